The predicted molar refractivity (Wildman–Crippen MR) is 65.1 cm³/mol. The SMILES string of the molecule is Cc1cc2[nH]c(C(Cl)(Cl)Cl)nc2cc1Cl. The number of aryl methyl sites for hydroxylation is 1. The molecule has 0 aliphatic carbocycles. The number of H-pyrrole nitrogens is 1. The van der Waals surface area contributed by atoms with Crippen LogP contribution in [0.4, 0.5) is 0 Å². The highest BCUT2D eigenvalue weighted by Gasteiger charge is 2.27. The van der Waals surface area contributed by atoms with Crippen molar-refractivity contribution in [3.63, 3.8) is 0 Å². The monoisotopic (exact) mass is 282 g/mol. The maximum Gasteiger partial charge on any atom is 0.248 e. The van der Waals surface area contributed by atoms with Crippen LogP contribution in [0.1, 0.15) is 11.4 Å². The van der Waals surface area contributed by atoms with E-state index in [1.165, 1.54) is 0 Å². The molecule has 2 aromatic rings. The zero-order valence-electron chi connectivity index (χ0n) is 7.61. The first-order valence-corrected chi connectivity index (χ1v) is 5.62. The molecule has 0 spiro atoms. The van der Waals surface area contributed by atoms with E-state index in [0.29, 0.717) is 16.4 Å². The molecule has 0 saturated carbocycles. The van der Waals surface area contributed by atoms with Gasteiger partial charge in [0.05, 0.1) is 11.0 Å². The Morgan fingerprint density at radius 3 is 2.53 bits per heavy atom. The third-order valence-corrected chi connectivity index (χ3v) is 2.98. The first-order chi connectivity index (χ1) is 6.88. The molecule has 6 heteroatoms. The van der Waals surface area contributed by atoms with Crippen molar-refractivity contribution < 1.29 is 0 Å². The zero-order valence-corrected chi connectivity index (χ0v) is 10.6. The van der Waals surface area contributed by atoms with Gasteiger partial charge in [0.25, 0.3) is 0 Å². The molecule has 1 heterocycles. The van der Waals surface area contributed by atoms with Gasteiger partial charge in [0.2, 0.25) is 3.79 Å². The minimum absolute atomic E-state index is 0.296. The smallest absolute Gasteiger partial charge is 0.248 e. The Morgan fingerprint density at radius 2 is 1.93 bits per heavy atom. The van der Waals surface area contributed by atoms with Gasteiger partial charge in [0.1, 0.15) is 0 Å². The molecule has 0 fully saturated rings. The summed E-state index contributed by atoms with van der Waals surface area (Å²) in [6, 6.07) is 3.60. The number of imidazole rings is 1. The van der Waals surface area contributed by atoms with Gasteiger partial charge in [-0.3, -0.25) is 0 Å². The van der Waals surface area contributed by atoms with Gasteiger partial charge >= 0.3 is 0 Å². The molecule has 0 atom stereocenters. The summed E-state index contributed by atoms with van der Waals surface area (Å²) in [7, 11) is 0. The summed E-state index contributed by atoms with van der Waals surface area (Å²) in [6.07, 6.45) is 0. The lowest BCUT2D eigenvalue weighted by atomic mass is 10.2. The standard InChI is InChI=1S/C9H6Cl4N2/c1-4-2-6-7(3-5(4)10)15-8(14-6)9(11,12)13/h2-3H,1H3,(H,14,15). The van der Waals surface area contributed by atoms with Crippen LogP contribution in [-0.2, 0) is 3.79 Å². The van der Waals surface area contributed by atoms with Gasteiger partial charge in [-0.05, 0) is 24.6 Å². The second kappa shape index (κ2) is 3.70. The summed E-state index contributed by atoms with van der Waals surface area (Å²) in [5.74, 6) is 0.296. The van der Waals surface area contributed by atoms with Crippen molar-refractivity contribution in [2.45, 2.75) is 10.7 Å². The first-order valence-electron chi connectivity index (χ1n) is 4.11. The van der Waals surface area contributed by atoms with Crippen LogP contribution < -0.4 is 0 Å². The molecular weight excluding hydrogens is 278 g/mol. The Hall–Kier alpha value is -0.150. The van der Waals surface area contributed by atoms with Crippen molar-refractivity contribution in [1.82, 2.24) is 9.97 Å². The molecule has 1 N–H and O–H groups in total. The average Bonchev–Trinajstić information content (AvgIpc) is 2.47. The maximum atomic E-state index is 5.96. The number of benzene rings is 1. The molecule has 15 heavy (non-hydrogen) atoms. The van der Waals surface area contributed by atoms with Crippen molar-refractivity contribution in [2.24, 2.45) is 0 Å². The van der Waals surface area contributed by atoms with Crippen LogP contribution in [0, 0.1) is 6.92 Å². The van der Waals surface area contributed by atoms with Gasteiger partial charge in [-0.1, -0.05) is 46.4 Å². The van der Waals surface area contributed by atoms with Crippen molar-refractivity contribution in [1.29, 1.82) is 0 Å². The summed E-state index contributed by atoms with van der Waals surface area (Å²) in [4.78, 5) is 7.09. The molecular formula is C9H6Cl4N2. The number of rotatable bonds is 0. The van der Waals surface area contributed by atoms with Crippen LogP contribution in [0.15, 0.2) is 12.1 Å². The highest BCUT2D eigenvalue weighted by molar-refractivity contribution is 6.66. The lowest BCUT2D eigenvalue weighted by molar-refractivity contribution is 1.05. The second-order valence-electron chi connectivity index (χ2n) is 3.20. The number of hydrogen-bond donors (Lipinski definition) is 1. The van der Waals surface area contributed by atoms with Gasteiger partial charge in [-0.2, -0.15) is 0 Å². The molecule has 0 saturated heterocycles. The molecule has 1 aromatic carbocycles. The molecule has 0 aliphatic heterocycles. The lowest BCUT2D eigenvalue weighted by Gasteiger charge is -2.04. The number of alkyl halides is 3. The van der Waals surface area contributed by atoms with Crippen LogP contribution in [0.5, 0.6) is 0 Å². The fraction of sp³-hybridized carbons (Fsp3) is 0.222. The number of fused-ring (bicyclic) bond motifs is 1. The summed E-state index contributed by atoms with van der Waals surface area (Å²) < 4.78 is -1.54. The summed E-state index contributed by atoms with van der Waals surface area (Å²) in [6.45, 7) is 1.90. The highest BCUT2D eigenvalue weighted by Crippen LogP contribution is 2.37. The topological polar surface area (TPSA) is 28.7 Å². The van der Waals surface area contributed by atoms with Crippen LogP contribution in [0.2, 0.25) is 5.02 Å². The van der Waals surface area contributed by atoms with Gasteiger partial charge in [0.15, 0.2) is 5.82 Å². The Bertz CT molecular complexity index is 474. The van der Waals surface area contributed by atoms with Gasteiger partial charge in [0, 0.05) is 5.02 Å². The van der Waals surface area contributed by atoms with Crippen LogP contribution in [0.25, 0.3) is 11.0 Å². The van der Waals surface area contributed by atoms with E-state index in [1.54, 1.807) is 6.07 Å². The first kappa shape index (κ1) is 11.3. The third-order valence-electron chi connectivity index (χ3n) is 2.03. The minimum atomic E-state index is -1.54. The number of nitrogens with one attached hydrogen (secondary N) is 1. The molecule has 0 radical (unpaired) electrons. The summed E-state index contributed by atoms with van der Waals surface area (Å²) in [5.41, 5.74) is 2.44. The molecule has 80 valence electrons. The molecule has 1 aromatic heterocycles. The number of hydrogen-bond acceptors (Lipinski definition) is 1. The number of aromatic amines is 1. The maximum absolute atomic E-state index is 5.96. The summed E-state index contributed by atoms with van der Waals surface area (Å²) in [5, 5.41) is 0.643. The average molecular weight is 284 g/mol. The lowest BCUT2D eigenvalue weighted by Crippen LogP contribution is -2.01. The molecule has 0 amide bonds. The molecule has 0 aliphatic rings. The van der Waals surface area contributed by atoms with Crippen molar-refractivity contribution in [3.05, 3.63) is 28.5 Å². The normalized spacial score (nSPS) is 12.3. The van der Waals surface area contributed by atoms with E-state index in [-0.39, 0.29) is 0 Å². The van der Waals surface area contributed by atoms with E-state index in [4.69, 9.17) is 46.4 Å². The van der Waals surface area contributed by atoms with E-state index in [2.05, 4.69) is 9.97 Å². The fourth-order valence-corrected chi connectivity index (χ4v) is 1.70. The quantitative estimate of drug-likeness (QED) is 0.716. The van der Waals surface area contributed by atoms with E-state index >= 15 is 0 Å². The Kier molecular flexibility index (Phi) is 2.80. The molecule has 0 unspecified atom stereocenters. The highest BCUT2D eigenvalue weighted by atomic mass is 35.6. The largest absolute Gasteiger partial charge is 0.338 e. The van der Waals surface area contributed by atoms with Gasteiger partial charge in [-0.15, -0.1) is 0 Å². The summed E-state index contributed by atoms with van der Waals surface area (Å²) >= 11 is 23.1. The molecule has 2 rings (SSSR count). The Morgan fingerprint density at radius 1 is 1.27 bits per heavy atom. The predicted octanol–water partition coefficient (Wildman–Crippen LogP) is 4.35. The van der Waals surface area contributed by atoms with Crippen LogP contribution in [-0.4, -0.2) is 9.97 Å². The number of nitrogens with zero attached hydrogens (tertiary/aromatic N) is 1. The zero-order chi connectivity index (χ0) is 11.2. The van der Waals surface area contributed by atoms with Crippen molar-refractivity contribution in [2.75, 3.05) is 0 Å². The number of halogens is 4. The number of aromatic nitrogens is 2. The van der Waals surface area contributed by atoms with Crippen LogP contribution >= 0.6 is 46.4 Å². The fourth-order valence-electron chi connectivity index (χ4n) is 1.27. The third kappa shape index (κ3) is 2.18. The van der Waals surface area contributed by atoms with Crippen LogP contribution in [0.3, 0.4) is 0 Å². The van der Waals surface area contributed by atoms with Crippen molar-refractivity contribution in [3.8, 4) is 0 Å². The van der Waals surface area contributed by atoms with E-state index in [0.717, 1.165) is 11.1 Å². The van der Waals surface area contributed by atoms with Gasteiger partial charge in [-0.25, -0.2) is 4.98 Å². The minimum Gasteiger partial charge on any atom is -0.338 e. The Balaban J connectivity index is 2.66. The van der Waals surface area contributed by atoms with E-state index < -0.39 is 3.79 Å². The second-order valence-corrected chi connectivity index (χ2v) is 5.89. The van der Waals surface area contributed by atoms with Crippen molar-refractivity contribution >= 4 is 57.4 Å². The Labute approximate surface area is 106 Å². The van der Waals surface area contributed by atoms with E-state index in [9.17, 15) is 0 Å². The molecule has 0 bridgehead atoms. The molecule has 2 nitrogen and oxygen atoms in total. The van der Waals surface area contributed by atoms with E-state index in [1.807, 2.05) is 13.0 Å². The van der Waals surface area contributed by atoms with Gasteiger partial charge < -0.3 is 4.98 Å².